The number of nitrogens with one attached hydrogen (secondary N) is 2. The first-order valence-electron chi connectivity index (χ1n) is 4.44. The molecule has 3 amide bonds. The van der Waals surface area contributed by atoms with Crippen molar-refractivity contribution in [1.29, 1.82) is 0 Å². The van der Waals surface area contributed by atoms with Gasteiger partial charge in [0.25, 0.3) is 0 Å². The van der Waals surface area contributed by atoms with E-state index in [0.29, 0.717) is 6.54 Å². The molecule has 7 heteroatoms. The van der Waals surface area contributed by atoms with Gasteiger partial charge in [-0.25, -0.2) is 4.79 Å². The molecular formula is C8H15N3O4. The van der Waals surface area contributed by atoms with E-state index >= 15 is 0 Å². The molecule has 0 aliphatic rings. The highest BCUT2D eigenvalue weighted by atomic mass is 16.4. The van der Waals surface area contributed by atoms with Gasteiger partial charge in [-0.15, -0.1) is 0 Å². The summed E-state index contributed by atoms with van der Waals surface area (Å²) in [5.41, 5.74) is 0. The van der Waals surface area contributed by atoms with E-state index < -0.39 is 18.4 Å². The lowest BCUT2D eigenvalue weighted by molar-refractivity contribution is -0.137. The monoisotopic (exact) mass is 217 g/mol. The number of aliphatic carboxylic acids is 1. The van der Waals surface area contributed by atoms with Crippen LogP contribution >= 0.6 is 0 Å². The molecule has 0 aromatic heterocycles. The van der Waals surface area contributed by atoms with Gasteiger partial charge in [-0.05, 0) is 6.92 Å². The van der Waals surface area contributed by atoms with Crippen LogP contribution in [0.25, 0.3) is 0 Å². The van der Waals surface area contributed by atoms with Crippen molar-refractivity contribution >= 4 is 17.9 Å². The number of urea groups is 1. The third-order valence-corrected chi connectivity index (χ3v) is 1.66. The molecule has 0 rings (SSSR count). The van der Waals surface area contributed by atoms with Crippen LogP contribution in [0.2, 0.25) is 0 Å². The van der Waals surface area contributed by atoms with Crippen LogP contribution in [0.5, 0.6) is 0 Å². The maximum atomic E-state index is 11.1. The van der Waals surface area contributed by atoms with Crippen LogP contribution in [0.3, 0.4) is 0 Å². The molecule has 0 unspecified atom stereocenters. The number of nitrogens with zero attached hydrogens (tertiary/aromatic N) is 1. The minimum Gasteiger partial charge on any atom is -0.480 e. The summed E-state index contributed by atoms with van der Waals surface area (Å²) in [5, 5.41) is 12.7. The molecule has 0 radical (unpaired) electrons. The van der Waals surface area contributed by atoms with Crippen LogP contribution in [0.4, 0.5) is 4.79 Å². The Labute approximate surface area is 87.4 Å². The van der Waals surface area contributed by atoms with E-state index in [1.807, 2.05) is 0 Å². The fourth-order valence-corrected chi connectivity index (χ4v) is 0.671. The Bertz CT molecular complexity index is 254. The van der Waals surface area contributed by atoms with Crippen LogP contribution in [0.1, 0.15) is 6.92 Å². The van der Waals surface area contributed by atoms with Crippen molar-refractivity contribution < 1.29 is 19.5 Å². The Morgan fingerprint density at radius 2 is 1.80 bits per heavy atom. The zero-order chi connectivity index (χ0) is 11.8. The van der Waals surface area contributed by atoms with E-state index in [4.69, 9.17) is 5.11 Å². The number of carbonyl (C=O) groups is 3. The molecule has 0 saturated carbocycles. The summed E-state index contributed by atoms with van der Waals surface area (Å²) in [5.74, 6) is -1.66. The van der Waals surface area contributed by atoms with Crippen molar-refractivity contribution in [1.82, 2.24) is 15.5 Å². The molecule has 3 N–H and O–H groups in total. The number of hydrogen-bond acceptors (Lipinski definition) is 3. The average Bonchev–Trinajstić information content (AvgIpc) is 2.21. The highest BCUT2D eigenvalue weighted by Crippen LogP contribution is 1.81. The summed E-state index contributed by atoms with van der Waals surface area (Å²) in [6, 6.07) is -0.372. The highest BCUT2D eigenvalue weighted by Gasteiger charge is 2.08. The predicted octanol–water partition coefficient (Wildman–Crippen LogP) is -1.15. The number of carboxylic acids is 1. The maximum Gasteiger partial charge on any atom is 0.322 e. The second-order valence-corrected chi connectivity index (χ2v) is 2.84. The van der Waals surface area contributed by atoms with Gasteiger partial charge in [0.2, 0.25) is 5.91 Å². The minimum atomic E-state index is -1.12. The Balaban J connectivity index is 3.71. The van der Waals surface area contributed by atoms with E-state index in [-0.39, 0.29) is 12.6 Å². The second kappa shape index (κ2) is 6.63. The lowest BCUT2D eigenvalue weighted by Crippen LogP contribution is -2.43. The number of hydrogen-bond donors (Lipinski definition) is 3. The molecule has 7 nitrogen and oxygen atoms in total. The molecule has 86 valence electrons. The predicted molar refractivity (Wildman–Crippen MR) is 52.3 cm³/mol. The van der Waals surface area contributed by atoms with Crippen molar-refractivity contribution in [2.24, 2.45) is 0 Å². The molecular weight excluding hydrogens is 202 g/mol. The average molecular weight is 217 g/mol. The third-order valence-electron chi connectivity index (χ3n) is 1.66. The van der Waals surface area contributed by atoms with Gasteiger partial charge in [0.1, 0.15) is 6.54 Å². The number of amides is 3. The first-order valence-corrected chi connectivity index (χ1v) is 4.44. The molecule has 0 aliphatic carbocycles. The Hall–Kier alpha value is -1.79. The molecule has 0 bridgehead atoms. The van der Waals surface area contributed by atoms with Gasteiger partial charge in [0.05, 0.1) is 6.54 Å². The Kier molecular flexibility index (Phi) is 5.84. The van der Waals surface area contributed by atoms with Gasteiger partial charge in [-0.3, -0.25) is 9.59 Å². The van der Waals surface area contributed by atoms with Gasteiger partial charge in [-0.1, -0.05) is 0 Å². The summed E-state index contributed by atoms with van der Waals surface area (Å²) in [7, 11) is 1.59. The molecule has 15 heavy (non-hydrogen) atoms. The third kappa shape index (κ3) is 6.30. The summed E-state index contributed by atoms with van der Waals surface area (Å²) in [6.45, 7) is 1.65. The standard InChI is InChI=1S/C8H15N3O4/c1-3-11(2)8(15)10-4-6(12)9-5-7(13)14/h3-5H2,1-2H3,(H,9,12)(H,10,15)(H,13,14). The summed E-state index contributed by atoms with van der Waals surface area (Å²) in [6.07, 6.45) is 0. The lowest BCUT2D eigenvalue weighted by atomic mass is 10.5. The molecule has 0 atom stereocenters. The summed E-state index contributed by atoms with van der Waals surface area (Å²) < 4.78 is 0. The number of rotatable bonds is 5. The normalized spacial score (nSPS) is 9.20. The second-order valence-electron chi connectivity index (χ2n) is 2.84. The van der Waals surface area contributed by atoms with E-state index in [1.54, 1.807) is 14.0 Å². The van der Waals surface area contributed by atoms with Crippen molar-refractivity contribution in [2.75, 3.05) is 26.7 Å². The maximum absolute atomic E-state index is 11.1. The van der Waals surface area contributed by atoms with Crippen LogP contribution < -0.4 is 10.6 Å². The van der Waals surface area contributed by atoms with Crippen molar-refractivity contribution in [3.63, 3.8) is 0 Å². The largest absolute Gasteiger partial charge is 0.480 e. The molecule has 0 aromatic carbocycles. The van der Waals surface area contributed by atoms with E-state index in [0.717, 1.165) is 0 Å². The summed E-state index contributed by atoms with van der Waals surface area (Å²) in [4.78, 5) is 33.6. The first-order chi connectivity index (χ1) is 6.97. The van der Waals surface area contributed by atoms with Gasteiger partial charge in [-0.2, -0.15) is 0 Å². The van der Waals surface area contributed by atoms with Gasteiger partial charge in [0.15, 0.2) is 0 Å². The van der Waals surface area contributed by atoms with Crippen LogP contribution in [-0.2, 0) is 9.59 Å². The molecule has 0 saturated heterocycles. The summed E-state index contributed by atoms with van der Waals surface area (Å²) >= 11 is 0. The van der Waals surface area contributed by atoms with Gasteiger partial charge in [0, 0.05) is 13.6 Å². The van der Waals surface area contributed by atoms with Crippen molar-refractivity contribution in [2.45, 2.75) is 6.92 Å². The van der Waals surface area contributed by atoms with Crippen LogP contribution in [0.15, 0.2) is 0 Å². The number of carboxylic acid groups (broad SMARTS) is 1. The molecule has 0 heterocycles. The molecule has 0 spiro atoms. The SMILES string of the molecule is CCN(C)C(=O)NCC(=O)NCC(=O)O. The van der Waals surface area contributed by atoms with Gasteiger partial charge >= 0.3 is 12.0 Å². The van der Waals surface area contributed by atoms with Crippen LogP contribution in [0, 0.1) is 0 Å². The highest BCUT2D eigenvalue weighted by molar-refractivity contribution is 5.86. The zero-order valence-corrected chi connectivity index (χ0v) is 8.74. The zero-order valence-electron chi connectivity index (χ0n) is 8.74. The smallest absolute Gasteiger partial charge is 0.322 e. The molecule has 0 aliphatic heterocycles. The van der Waals surface area contributed by atoms with Gasteiger partial charge < -0.3 is 20.6 Å². The Morgan fingerprint density at radius 3 is 2.27 bits per heavy atom. The fraction of sp³-hybridized carbons (Fsp3) is 0.625. The van der Waals surface area contributed by atoms with E-state index in [2.05, 4.69) is 10.6 Å². The van der Waals surface area contributed by atoms with E-state index in [9.17, 15) is 14.4 Å². The van der Waals surface area contributed by atoms with Crippen LogP contribution in [-0.4, -0.2) is 54.6 Å². The lowest BCUT2D eigenvalue weighted by Gasteiger charge is -2.14. The Morgan fingerprint density at radius 1 is 1.20 bits per heavy atom. The fourth-order valence-electron chi connectivity index (χ4n) is 0.671. The first kappa shape index (κ1) is 13.2. The van der Waals surface area contributed by atoms with Crippen molar-refractivity contribution in [3.05, 3.63) is 0 Å². The number of carbonyl (C=O) groups excluding carboxylic acids is 2. The topological polar surface area (TPSA) is 98.7 Å². The molecule has 0 fully saturated rings. The quantitative estimate of drug-likeness (QED) is 0.541. The molecule has 0 aromatic rings. The van der Waals surface area contributed by atoms with Crippen molar-refractivity contribution in [3.8, 4) is 0 Å². The van der Waals surface area contributed by atoms with E-state index in [1.165, 1.54) is 4.90 Å². The minimum absolute atomic E-state index is 0.226.